The number of methoxy groups -OCH3 is 1. The van der Waals surface area contributed by atoms with Crippen molar-refractivity contribution in [3.63, 3.8) is 0 Å². The van der Waals surface area contributed by atoms with Gasteiger partial charge in [0.1, 0.15) is 0 Å². The maximum atomic E-state index is 6.02. The van der Waals surface area contributed by atoms with Crippen LogP contribution in [0.1, 0.15) is 33.1 Å². The largest absolute Gasteiger partial charge is 0.393 e. The third kappa shape index (κ3) is 6.09. The molecule has 1 unspecified atom stereocenters. The molecule has 106 valence electrons. The average Bonchev–Trinajstić information content (AvgIpc) is 2.62. The SMILES string of the molecule is COCCN(CCC(N)=S)CC1CCC(C)(C)O1. The van der Waals surface area contributed by atoms with Gasteiger partial charge in [-0.05, 0) is 26.7 Å². The van der Waals surface area contributed by atoms with Gasteiger partial charge in [0.25, 0.3) is 0 Å². The molecule has 2 N–H and O–H groups in total. The number of hydrogen-bond acceptors (Lipinski definition) is 4. The van der Waals surface area contributed by atoms with E-state index in [0.29, 0.717) is 11.1 Å². The summed E-state index contributed by atoms with van der Waals surface area (Å²) in [6, 6.07) is 0. The van der Waals surface area contributed by atoms with Crippen molar-refractivity contribution in [1.82, 2.24) is 4.90 Å². The summed E-state index contributed by atoms with van der Waals surface area (Å²) in [5.41, 5.74) is 5.59. The number of rotatable bonds is 8. The maximum absolute atomic E-state index is 6.02. The number of nitrogens with zero attached hydrogens (tertiary/aromatic N) is 1. The van der Waals surface area contributed by atoms with Gasteiger partial charge in [0.15, 0.2) is 0 Å². The van der Waals surface area contributed by atoms with Gasteiger partial charge in [-0.25, -0.2) is 0 Å². The van der Waals surface area contributed by atoms with Crippen LogP contribution in [0.3, 0.4) is 0 Å². The summed E-state index contributed by atoms with van der Waals surface area (Å²) in [4.78, 5) is 2.90. The first-order valence-electron chi connectivity index (χ1n) is 6.60. The topological polar surface area (TPSA) is 47.7 Å². The molecular formula is C13H26N2O2S. The van der Waals surface area contributed by atoms with Crippen LogP contribution in [-0.4, -0.2) is 54.9 Å². The first kappa shape index (κ1) is 15.8. The predicted molar refractivity (Wildman–Crippen MR) is 77.9 cm³/mol. The van der Waals surface area contributed by atoms with Crippen LogP contribution in [0.4, 0.5) is 0 Å². The fraction of sp³-hybridized carbons (Fsp3) is 0.923. The third-order valence-corrected chi connectivity index (χ3v) is 3.51. The average molecular weight is 274 g/mol. The van der Waals surface area contributed by atoms with E-state index in [1.54, 1.807) is 7.11 Å². The second-order valence-electron chi connectivity index (χ2n) is 5.55. The van der Waals surface area contributed by atoms with Gasteiger partial charge < -0.3 is 15.2 Å². The fourth-order valence-corrected chi connectivity index (χ4v) is 2.37. The van der Waals surface area contributed by atoms with Crippen LogP contribution in [0.2, 0.25) is 0 Å². The van der Waals surface area contributed by atoms with E-state index in [4.69, 9.17) is 27.4 Å². The van der Waals surface area contributed by atoms with Crippen molar-refractivity contribution in [2.45, 2.75) is 44.8 Å². The van der Waals surface area contributed by atoms with Crippen LogP contribution in [0.15, 0.2) is 0 Å². The van der Waals surface area contributed by atoms with Crippen molar-refractivity contribution in [3.05, 3.63) is 0 Å². The Kier molecular flexibility index (Phi) is 6.49. The molecule has 0 aromatic carbocycles. The van der Waals surface area contributed by atoms with Crippen molar-refractivity contribution in [2.24, 2.45) is 5.73 Å². The van der Waals surface area contributed by atoms with Crippen LogP contribution in [0, 0.1) is 0 Å². The lowest BCUT2D eigenvalue weighted by Crippen LogP contribution is -2.37. The van der Waals surface area contributed by atoms with Crippen LogP contribution in [0.25, 0.3) is 0 Å². The molecule has 5 heteroatoms. The standard InChI is InChI=1S/C13H26N2O2S/c1-13(2)6-4-11(17-13)10-15(8-9-16-3)7-5-12(14)18/h11H,4-10H2,1-3H3,(H2,14,18). The Balaban J connectivity index is 2.37. The molecule has 0 radical (unpaired) electrons. The first-order valence-corrected chi connectivity index (χ1v) is 7.01. The summed E-state index contributed by atoms with van der Waals surface area (Å²) in [6.45, 7) is 7.77. The van der Waals surface area contributed by atoms with Crippen LogP contribution in [-0.2, 0) is 9.47 Å². The highest BCUT2D eigenvalue weighted by molar-refractivity contribution is 7.80. The van der Waals surface area contributed by atoms with Crippen LogP contribution in [0.5, 0.6) is 0 Å². The van der Waals surface area contributed by atoms with Crippen LogP contribution >= 0.6 is 12.2 Å². The molecule has 1 aliphatic heterocycles. The Morgan fingerprint density at radius 2 is 2.22 bits per heavy atom. The Hall–Kier alpha value is -0.230. The van der Waals surface area contributed by atoms with Gasteiger partial charge in [-0.1, -0.05) is 12.2 Å². The molecule has 4 nitrogen and oxygen atoms in total. The minimum atomic E-state index is 0.0285. The summed E-state index contributed by atoms with van der Waals surface area (Å²) in [5.74, 6) is 0. The van der Waals surface area contributed by atoms with Gasteiger partial charge in [-0.15, -0.1) is 0 Å². The molecular weight excluding hydrogens is 248 g/mol. The smallest absolute Gasteiger partial charge is 0.0740 e. The Morgan fingerprint density at radius 3 is 2.72 bits per heavy atom. The van der Waals surface area contributed by atoms with Gasteiger partial charge in [-0.3, -0.25) is 4.90 Å². The molecule has 18 heavy (non-hydrogen) atoms. The van der Waals surface area contributed by atoms with Gasteiger partial charge in [-0.2, -0.15) is 0 Å². The quantitative estimate of drug-likeness (QED) is 0.681. The number of nitrogens with two attached hydrogens (primary N) is 1. The van der Waals surface area contributed by atoms with E-state index < -0.39 is 0 Å². The normalized spacial score (nSPS) is 22.6. The third-order valence-electron chi connectivity index (χ3n) is 3.30. The van der Waals surface area contributed by atoms with E-state index in [0.717, 1.165) is 45.5 Å². The molecule has 0 bridgehead atoms. The van der Waals surface area contributed by atoms with E-state index in [2.05, 4.69) is 18.7 Å². The summed E-state index contributed by atoms with van der Waals surface area (Å²) < 4.78 is 11.2. The number of hydrogen-bond donors (Lipinski definition) is 1. The summed E-state index contributed by atoms with van der Waals surface area (Å²) in [6.07, 6.45) is 3.34. The second-order valence-corrected chi connectivity index (χ2v) is 6.07. The summed E-state index contributed by atoms with van der Waals surface area (Å²) in [7, 11) is 1.72. The Morgan fingerprint density at radius 1 is 1.50 bits per heavy atom. The van der Waals surface area contributed by atoms with Gasteiger partial charge in [0.05, 0.1) is 23.3 Å². The molecule has 1 atom stereocenters. The molecule has 0 aromatic rings. The lowest BCUT2D eigenvalue weighted by Gasteiger charge is -2.26. The molecule has 1 aliphatic rings. The predicted octanol–water partition coefficient (Wildman–Crippen LogP) is 1.57. The fourth-order valence-electron chi connectivity index (χ4n) is 2.28. The van der Waals surface area contributed by atoms with E-state index in [9.17, 15) is 0 Å². The van der Waals surface area contributed by atoms with Crippen molar-refractivity contribution in [1.29, 1.82) is 0 Å². The Bertz CT molecular complexity index is 272. The molecule has 0 aromatic heterocycles. The van der Waals surface area contributed by atoms with Crippen molar-refractivity contribution >= 4 is 17.2 Å². The maximum Gasteiger partial charge on any atom is 0.0740 e. The van der Waals surface area contributed by atoms with E-state index in [-0.39, 0.29) is 5.60 Å². The highest BCUT2D eigenvalue weighted by Crippen LogP contribution is 2.29. The molecule has 0 saturated carbocycles. The number of thiocarbonyl (C=S) groups is 1. The summed E-state index contributed by atoms with van der Waals surface area (Å²) in [5, 5.41) is 0. The van der Waals surface area contributed by atoms with E-state index in [1.165, 1.54) is 0 Å². The first-order chi connectivity index (χ1) is 8.43. The minimum absolute atomic E-state index is 0.0285. The zero-order chi connectivity index (χ0) is 13.6. The van der Waals surface area contributed by atoms with E-state index >= 15 is 0 Å². The molecule has 1 heterocycles. The van der Waals surface area contributed by atoms with Gasteiger partial charge in [0, 0.05) is 33.2 Å². The van der Waals surface area contributed by atoms with Crippen molar-refractivity contribution in [3.8, 4) is 0 Å². The molecule has 1 rings (SSSR count). The summed E-state index contributed by atoms with van der Waals surface area (Å²) >= 11 is 4.93. The molecule has 1 fully saturated rings. The highest BCUT2D eigenvalue weighted by atomic mass is 32.1. The highest BCUT2D eigenvalue weighted by Gasteiger charge is 2.32. The lowest BCUT2D eigenvalue weighted by molar-refractivity contribution is -0.0302. The molecule has 0 spiro atoms. The number of ether oxygens (including phenoxy) is 2. The van der Waals surface area contributed by atoms with Crippen LogP contribution < -0.4 is 5.73 Å². The van der Waals surface area contributed by atoms with E-state index in [1.807, 2.05) is 0 Å². The molecule has 1 saturated heterocycles. The lowest BCUT2D eigenvalue weighted by atomic mass is 10.1. The van der Waals surface area contributed by atoms with Gasteiger partial charge in [0.2, 0.25) is 0 Å². The van der Waals surface area contributed by atoms with Gasteiger partial charge >= 0.3 is 0 Å². The monoisotopic (exact) mass is 274 g/mol. The zero-order valence-corrected chi connectivity index (χ0v) is 12.6. The Labute approximate surface area is 116 Å². The minimum Gasteiger partial charge on any atom is -0.393 e. The van der Waals surface area contributed by atoms with Crippen molar-refractivity contribution in [2.75, 3.05) is 33.4 Å². The van der Waals surface area contributed by atoms with Crippen molar-refractivity contribution < 1.29 is 9.47 Å². The molecule has 0 aliphatic carbocycles. The second kappa shape index (κ2) is 7.38. The zero-order valence-electron chi connectivity index (χ0n) is 11.8. The molecule has 0 amide bonds.